The molecule has 0 aliphatic rings. The number of ether oxygens (including phenoxy) is 1. The van der Waals surface area contributed by atoms with Gasteiger partial charge in [-0.3, -0.25) is 4.68 Å². The predicted octanol–water partition coefficient (Wildman–Crippen LogP) is 3.56. The average Bonchev–Trinajstić information content (AvgIpc) is 2.80. The van der Waals surface area contributed by atoms with Gasteiger partial charge in [0.1, 0.15) is 5.69 Å². The molecule has 0 bridgehead atoms. The second-order valence-corrected chi connectivity index (χ2v) is 6.09. The van der Waals surface area contributed by atoms with Crippen LogP contribution < -0.4 is 0 Å². The molecule has 112 valence electrons. The summed E-state index contributed by atoms with van der Waals surface area (Å²) in [4.78, 5) is 11.8. The van der Waals surface area contributed by atoms with Crippen molar-refractivity contribution in [1.82, 2.24) is 9.78 Å². The van der Waals surface area contributed by atoms with Gasteiger partial charge in [0.2, 0.25) is 0 Å². The molecule has 0 unspecified atom stereocenters. The number of aryl methyl sites for hydroxylation is 1. The van der Waals surface area contributed by atoms with Crippen molar-refractivity contribution in [3.8, 4) is 11.3 Å². The first-order valence-corrected chi connectivity index (χ1v) is 7.15. The highest BCUT2D eigenvalue weighted by molar-refractivity contribution is 5.89. The van der Waals surface area contributed by atoms with Crippen LogP contribution in [0, 0.1) is 0 Å². The van der Waals surface area contributed by atoms with E-state index >= 15 is 0 Å². The Morgan fingerprint density at radius 1 is 1.24 bits per heavy atom. The minimum Gasteiger partial charge on any atom is -0.461 e. The highest BCUT2D eigenvalue weighted by atomic mass is 16.5. The van der Waals surface area contributed by atoms with Gasteiger partial charge in [0.25, 0.3) is 0 Å². The maximum absolute atomic E-state index is 11.8. The van der Waals surface area contributed by atoms with E-state index in [-0.39, 0.29) is 11.4 Å². The molecule has 2 aromatic rings. The number of esters is 1. The van der Waals surface area contributed by atoms with Crippen LogP contribution in [0.5, 0.6) is 0 Å². The van der Waals surface area contributed by atoms with Crippen LogP contribution in [0.3, 0.4) is 0 Å². The van der Waals surface area contributed by atoms with Crippen LogP contribution in [0.15, 0.2) is 30.3 Å². The summed E-state index contributed by atoms with van der Waals surface area (Å²) in [7, 11) is 1.75. The van der Waals surface area contributed by atoms with Crippen molar-refractivity contribution >= 4 is 5.97 Å². The first-order valence-electron chi connectivity index (χ1n) is 7.15. The van der Waals surface area contributed by atoms with Crippen LogP contribution >= 0.6 is 0 Å². The topological polar surface area (TPSA) is 44.1 Å². The van der Waals surface area contributed by atoms with E-state index < -0.39 is 0 Å². The van der Waals surface area contributed by atoms with Gasteiger partial charge >= 0.3 is 5.97 Å². The molecule has 0 amide bonds. The Kier molecular flexibility index (Phi) is 4.16. The monoisotopic (exact) mass is 286 g/mol. The summed E-state index contributed by atoms with van der Waals surface area (Å²) < 4.78 is 6.58. The highest BCUT2D eigenvalue weighted by Crippen LogP contribution is 2.26. The minimum absolute atomic E-state index is 0.124. The molecule has 0 fully saturated rings. The lowest BCUT2D eigenvalue weighted by Crippen LogP contribution is -2.10. The molecular weight excluding hydrogens is 264 g/mol. The lowest BCUT2D eigenvalue weighted by Gasteiger charge is -2.18. The zero-order chi connectivity index (χ0) is 15.6. The first-order chi connectivity index (χ1) is 9.82. The number of benzene rings is 1. The molecule has 1 aromatic carbocycles. The Morgan fingerprint density at radius 2 is 1.86 bits per heavy atom. The fourth-order valence-corrected chi connectivity index (χ4v) is 2.15. The largest absolute Gasteiger partial charge is 0.461 e. The molecule has 4 nitrogen and oxygen atoms in total. The van der Waals surface area contributed by atoms with E-state index in [1.807, 2.05) is 12.1 Å². The number of rotatable bonds is 3. The van der Waals surface area contributed by atoms with Gasteiger partial charge in [-0.25, -0.2) is 4.79 Å². The Morgan fingerprint density at radius 3 is 2.38 bits per heavy atom. The highest BCUT2D eigenvalue weighted by Gasteiger charge is 2.16. The van der Waals surface area contributed by atoms with Gasteiger partial charge in [-0.05, 0) is 24.0 Å². The molecule has 0 saturated carbocycles. The second kappa shape index (κ2) is 5.72. The number of hydrogen-bond donors (Lipinski definition) is 0. The average molecular weight is 286 g/mol. The van der Waals surface area contributed by atoms with Crippen molar-refractivity contribution in [1.29, 1.82) is 0 Å². The Labute approximate surface area is 125 Å². The van der Waals surface area contributed by atoms with E-state index in [2.05, 4.69) is 38.0 Å². The third kappa shape index (κ3) is 3.32. The summed E-state index contributed by atoms with van der Waals surface area (Å²) in [6.45, 7) is 8.70. The molecule has 2 rings (SSSR count). The zero-order valence-corrected chi connectivity index (χ0v) is 13.3. The fraction of sp³-hybridized carbons (Fsp3) is 0.412. The van der Waals surface area contributed by atoms with Crippen molar-refractivity contribution in [3.63, 3.8) is 0 Å². The molecule has 1 aromatic heterocycles. The van der Waals surface area contributed by atoms with Crippen LogP contribution in [0.1, 0.15) is 43.7 Å². The van der Waals surface area contributed by atoms with E-state index in [0.29, 0.717) is 12.3 Å². The van der Waals surface area contributed by atoms with Crippen LogP contribution in [0.25, 0.3) is 11.3 Å². The summed E-state index contributed by atoms with van der Waals surface area (Å²) >= 11 is 0. The van der Waals surface area contributed by atoms with Gasteiger partial charge in [0.05, 0.1) is 12.3 Å². The number of carbonyl (C=O) groups is 1. The summed E-state index contributed by atoms with van der Waals surface area (Å²) in [6, 6.07) is 10.1. The summed E-state index contributed by atoms with van der Waals surface area (Å²) in [6.07, 6.45) is 0. The fourth-order valence-electron chi connectivity index (χ4n) is 2.15. The Bertz CT molecular complexity index is 634. The van der Waals surface area contributed by atoms with Gasteiger partial charge in [-0.2, -0.15) is 5.10 Å². The number of nitrogens with zero attached hydrogens (tertiary/aromatic N) is 2. The standard InChI is InChI=1S/C17H22N2O2/c1-6-21-16(20)15-11-14(18-19(15)5)12-7-9-13(10-8-12)17(2,3)4/h7-11H,6H2,1-5H3. The summed E-state index contributed by atoms with van der Waals surface area (Å²) in [5, 5.41) is 4.39. The van der Waals surface area contributed by atoms with Crippen molar-refractivity contribution in [2.45, 2.75) is 33.1 Å². The van der Waals surface area contributed by atoms with Gasteiger partial charge in [-0.15, -0.1) is 0 Å². The zero-order valence-electron chi connectivity index (χ0n) is 13.3. The summed E-state index contributed by atoms with van der Waals surface area (Å²) in [5.74, 6) is -0.343. The molecule has 0 N–H and O–H groups in total. The van der Waals surface area contributed by atoms with Crippen molar-refractivity contribution in [2.24, 2.45) is 7.05 Å². The van der Waals surface area contributed by atoms with Crippen molar-refractivity contribution in [2.75, 3.05) is 6.61 Å². The van der Waals surface area contributed by atoms with E-state index in [9.17, 15) is 4.79 Å². The SMILES string of the molecule is CCOC(=O)c1cc(-c2ccc(C(C)(C)C)cc2)nn1C. The molecule has 0 saturated heterocycles. The third-order valence-electron chi connectivity index (χ3n) is 3.41. The molecule has 1 heterocycles. The molecule has 0 aliphatic heterocycles. The Balaban J connectivity index is 2.31. The maximum atomic E-state index is 11.8. The minimum atomic E-state index is -0.343. The van der Waals surface area contributed by atoms with Crippen molar-refractivity contribution in [3.05, 3.63) is 41.6 Å². The van der Waals surface area contributed by atoms with Gasteiger partial charge < -0.3 is 4.74 Å². The first kappa shape index (κ1) is 15.3. The van der Waals surface area contributed by atoms with E-state index in [1.165, 1.54) is 5.56 Å². The maximum Gasteiger partial charge on any atom is 0.356 e. The predicted molar refractivity (Wildman–Crippen MR) is 83.3 cm³/mol. The third-order valence-corrected chi connectivity index (χ3v) is 3.41. The molecule has 21 heavy (non-hydrogen) atoms. The van der Waals surface area contributed by atoms with Crippen LogP contribution in [-0.4, -0.2) is 22.4 Å². The van der Waals surface area contributed by atoms with Crippen LogP contribution in [-0.2, 0) is 17.2 Å². The second-order valence-electron chi connectivity index (χ2n) is 6.09. The molecule has 0 aliphatic carbocycles. The van der Waals surface area contributed by atoms with Crippen LogP contribution in [0.4, 0.5) is 0 Å². The quantitative estimate of drug-likeness (QED) is 0.810. The van der Waals surface area contributed by atoms with E-state index in [4.69, 9.17) is 4.74 Å². The molecule has 0 spiro atoms. The molecular formula is C17H22N2O2. The molecule has 4 heteroatoms. The van der Waals surface area contributed by atoms with Gasteiger partial charge in [-0.1, -0.05) is 45.0 Å². The molecule has 0 radical (unpaired) electrons. The smallest absolute Gasteiger partial charge is 0.356 e. The van der Waals surface area contributed by atoms with Crippen LogP contribution in [0.2, 0.25) is 0 Å². The lowest BCUT2D eigenvalue weighted by molar-refractivity contribution is 0.0513. The van der Waals surface area contributed by atoms with E-state index in [1.54, 1.807) is 24.7 Å². The normalized spacial score (nSPS) is 11.5. The number of carbonyl (C=O) groups excluding carboxylic acids is 1. The number of aromatic nitrogens is 2. The van der Waals surface area contributed by atoms with Gasteiger partial charge in [0, 0.05) is 12.6 Å². The Hall–Kier alpha value is -2.10. The van der Waals surface area contributed by atoms with E-state index in [0.717, 1.165) is 11.3 Å². The van der Waals surface area contributed by atoms with Gasteiger partial charge in [0.15, 0.2) is 0 Å². The molecule has 0 atom stereocenters. The summed E-state index contributed by atoms with van der Waals surface area (Å²) in [5.41, 5.74) is 3.63. The number of hydrogen-bond acceptors (Lipinski definition) is 3. The lowest BCUT2D eigenvalue weighted by atomic mass is 9.86. The van der Waals surface area contributed by atoms with Crippen molar-refractivity contribution < 1.29 is 9.53 Å².